The minimum Gasteiger partial charge on any atom is -0.455 e. The molecule has 0 saturated carbocycles. The SMILES string of the molecule is C[C@H]1CCCCN1c1cc(C(F)(F)F)nc(SCc2ccc(C(=O)N3CCCC3)o2)n1. The van der Waals surface area contributed by atoms with Gasteiger partial charge in [-0.1, -0.05) is 11.8 Å². The Labute approximate surface area is 183 Å². The summed E-state index contributed by atoms with van der Waals surface area (Å²) in [5.41, 5.74) is -0.942. The third kappa shape index (κ3) is 5.16. The Morgan fingerprint density at radius 2 is 1.90 bits per heavy atom. The molecule has 1 atom stereocenters. The van der Waals surface area contributed by atoms with Crippen LogP contribution in [0.3, 0.4) is 0 Å². The number of anilines is 1. The number of hydrogen-bond donors (Lipinski definition) is 0. The van der Waals surface area contributed by atoms with Crippen molar-refractivity contribution in [3.63, 3.8) is 0 Å². The number of carbonyl (C=O) groups is 1. The maximum atomic E-state index is 13.4. The molecule has 1 amide bonds. The van der Waals surface area contributed by atoms with Gasteiger partial charge in [-0.3, -0.25) is 4.79 Å². The summed E-state index contributed by atoms with van der Waals surface area (Å²) >= 11 is 1.07. The summed E-state index contributed by atoms with van der Waals surface area (Å²) in [5, 5.41) is 0.0476. The van der Waals surface area contributed by atoms with E-state index in [1.54, 1.807) is 17.0 Å². The van der Waals surface area contributed by atoms with Gasteiger partial charge in [0.05, 0.1) is 5.75 Å². The average molecular weight is 455 g/mol. The van der Waals surface area contributed by atoms with Gasteiger partial charge in [-0.2, -0.15) is 13.2 Å². The van der Waals surface area contributed by atoms with Crippen molar-refractivity contribution in [2.45, 2.75) is 62.2 Å². The van der Waals surface area contributed by atoms with Crippen LogP contribution in [0.25, 0.3) is 0 Å². The molecule has 2 aliphatic rings. The van der Waals surface area contributed by atoms with Gasteiger partial charge in [0.2, 0.25) is 0 Å². The predicted molar refractivity (Wildman–Crippen MR) is 111 cm³/mol. The van der Waals surface area contributed by atoms with E-state index in [0.717, 1.165) is 63.0 Å². The molecule has 2 fully saturated rings. The zero-order valence-corrected chi connectivity index (χ0v) is 18.1. The van der Waals surface area contributed by atoms with Crippen molar-refractivity contribution in [2.75, 3.05) is 24.5 Å². The van der Waals surface area contributed by atoms with Crippen molar-refractivity contribution in [3.8, 4) is 0 Å². The van der Waals surface area contributed by atoms with Gasteiger partial charge in [0.15, 0.2) is 16.6 Å². The van der Waals surface area contributed by atoms with E-state index < -0.39 is 11.9 Å². The number of likely N-dealkylation sites (tertiary alicyclic amines) is 1. The maximum absolute atomic E-state index is 13.4. The van der Waals surface area contributed by atoms with Crippen LogP contribution < -0.4 is 4.90 Å². The van der Waals surface area contributed by atoms with Crippen molar-refractivity contribution in [3.05, 3.63) is 35.4 Å². The van der Waals surface area contributed by atoms with Gasteiger partial charge >= 0.3 is 6.18 Å². The number of carbonyl (C=O) groups excluding carboxylic acids is 1. The fourth-order valence-electron chi connectivity index (χ4n) is 3.99. The van der Waals surface area contributed by atoms with E-state index in [2.05, 4.69) is 9.97 Å². The molecule has 4 rings (SSSR count). The fourth-order valence-corrected chi connectivity index (χ4v) is 4.74. The zero-order chi connectivity index (χ0) is 22.0. The van der Waals surface area contributed by atoms with Crippen LogP contribution in [0.4, 0.5) is 19.0 Å². The highest BCUT2D eigenvalue weighted by Gasteiger charge is 2.35. The molecule has 10 heteroatoms. The highest BCUT2D eigenvalue weighted by Crippen LogP contribution is 2.34. The Hall–Kier alpha value is -2.23. The second-order valence-electron chi connectivity index (χ2n) is 7.98. The molecule has 0 radical (unpaired) electrons. The molecule has 2 aromatic rings. The second kappa shape index (κ2) is 9.10. The predicted octanol–water partition coefficient (Wildman–Crippen LogP) is 5.00. The first-order chi connectivity index (χ1) is 14.8. The van der Waals surface area contributed by atoms with Gasteiger partial charge in [0, 0.05) is 31.7 Å². The molecule has 0 N–H and O–H groups in total. The number of halogens is 3. The van der Waals surface area contributed by atoms with E-state index in [1.165, 1.54) is 0 Å². The van der Waals surface area contributed by atoms with Gasteiger partial charge < -0.3 is 14.2 Å². The third-order valence-electron chi connectivity index (χ3n) is 5.69. The third-order valence-corrected chi connectivity index (χ3v) is 6.56. The lowest BCUT2D eigenvalue weighted by molar-refractivity contribution is -0.141. The number of furan rings is 1. The first-order valence-electron chi connectivity index (χ1n) is 10.5. The summed E-state index contributed by atoms with van der Waals surface area (Å²) < 4.78 is 46.0. The first kappa shape index (κ1) is 22.0. The van der Waals surface area contributed by atoms with Crippen molar-refractivity contribution >= 4 is 23.5 Å². The van der Waals surface area contributed by atoms with Crippen LogP contribution in [0, 0.1) is 0 Å². The number of amides is 1. The summed E-state index contributed by atoms with van der Waals surface area (Å²) in [6, 6.07) is 4.46. The lowest BCUT2D eigenvalue weighted by atomic mass is 10.0. The van der Waals surface area contributed by atoms with Crippen molar-refractivity contribution in [1.82, 2.24) is 14.9 Å². The summed E-state index contributed by atoms with van der Waals surface area (Å²) in [4.78, 5) is 24.2. The van der Waals surface area contributed by atoms with Gasteiger partial charge in [-0.05, 0) is 51.2 Å². The molecule has 0 spiro atoms. The van der Waals surface area contributed by atoms with Crippen molar-refractivity contribution in [1.29, 1.82) is 0 Å². The molecule has 168 valence electrons. The van der Waals surface area contributed by atoms with Crippen LogP contribution in [0.1, 0.15) is 61.0 Å². The fraction of sp³-hybridized carbons (Fsp3) is 0.571. The summed E-state index contributed by atoms with van der Waals surface area (Å²) in [5.74, 6) is 1.15. The van der Waals surface area contributed by atoms with Gasteiger partial charge in [-0.15, -0.1) is 0 Å². The molecule has 2 aromatic heterocycles. The van der Waals surface area contributed by atoms with Crippen LogP contribution in [-0.2, 0) is 11.9 Å². The Morgan fingerprint density at radius 1 is 1.16 bits per heavy atom. The normalized spacial score (nSPS) is 19.8. The molecule has 31 heavy (non-hydrogen) atoms. The largest absolute Gasteiger partial charge is 0.455 e. The lowest BCUT2D eigenvalue weighted by Crippen LogP contribution is -2.38. The van der Waals surface area contributed by atoms with E-state index in [0.29, 0.717) is 18.1 Å². The number of alkyl halides is 3. The van der Waals surface area contributed by atoms with Gasteiger partial charge in [0.1, 0.15) is 11.6 Å². The maximum Gasteiger partial charge on any atom is 0.433 e. The van der Waals surface area contributed by atoms with Crippen molar-refractivity contribution < 1.29 is 22.4 Å². The molecule has 0 unspecified atom stereocenters. The molecular formula is C21H25F3N4O2S. The summed E-state index contributed by atoms with van der Waals surface area (Å²) in [7, 11) is 0. The highest BCUT2D eigenvalue weighted by atomic mass is 32.2. The number of piperidine rings is 1. The molecule has 0 aromatic carbocycles. The monoisotopic (exact) mass is 454 g/mol. The van der Waals surface area contributed by atoms with Gasteiger partial charge in [-0.25, -0.2) is 9.97 Å². The molecule has 2 aliphatic heterocycles. The topological polar surface area (TPSA) is 62.5 Å². The zero-order valence-electron chi connectivity index (χ0n) is 17.3. The van der Waals surface area contributed by atoms with Crippen LogP contribution >= 0.6 is 11.8 Å². The number of nitrogens with zero attached hydrogens (tertiary/aromatic N) is 4. The van der Waals surface area contributed by atoms with E-state index >= 15 is 0 Å². The molecule has 6 nitrogen and oxygen atoms in total. The van der Waals surface area contributed by atoms with Crippen LogP contribution in [0.15, 0.2) is 27.8 Å². The highest BCUT2D eigenvalue weighted by molar-refractivity contribution is 7.98. The van der Waals surface area contributed by atoms with Crippen LogP contribution in [0.5, 0.6) is 0 Å². The molecule has 4 heterocycles. The number of aromatic nitrogens is 2. The average Bonchev–Trinajstić information content (AvgIpc) is 3.44. The first-order valence-corrected chi connectivity index (χ1v) is 11.5. The van der Waals surface area contributed by atoms with Crippen LogP contribution in [-0.4, -0.2) is 46.5 Å². The summed E-state index contributed by atoms with van der Waals surface area (Å²) in [6.45, 7) is 4.13. The number of hydrogen-bond acceptors (Lipinski definition) is 6. The van der Waals surface area contributed by atoms with Gasteiger partial charge in [0.25, 0.3) is 5.91 Å². The lowest BCUT2D eigenvalue weighted by Gasteiger charge is -2.34. The second-order valence-corrected chi connectivity index (χ2v) is 8.93. The summed E-state index contributed by atoms with van der Waals surface area (Å²) in [6.07, 6.45) is 0.339. The van der Waals surface area contributed by atoms with Crippen molar-refractivity contribution in [2.24, 2.45) is 0 Å². The Morgan fingerprint density at radius 3 is 2.61 bits per heavy atom. The minimum absolute atomic E-state index is 0.0476. The smallest absolute Gasteiger partial charge is 0.433 e. The molecule has 0 bridgehead atoms. The Balaban J connectivity index is 1.50. The van der Waals surface area contributed by atoms with E-state index in [1.807, 2.05) is 11.8 Å². The molecular weight excluding hydrogens is 429 g/mol. The standard InChI is InChI=1S/C21H25F3N4O2S/c1-14-6-2-3-11-28(14)18-12-17(21(22,23)24)25-20(26-18)31-13-15-7-8-16(30-15)19(29)27-9-4-5-10-27/h7-8,12,14H,2-6,9-11,13H2,1H3/t14-/m0/s1. The Kier molecular flexibility index (Phi) is 6.45. The van der Waals surface area contributed by atoms with Crippen LogP contribution in [0.2, 0.25) is 0 Å². The Bertz CT molecular complexity index is 928. The quantitative estimate of drug-likeness (QED) is 0.468. The minimum atomic E-state index is -4.55. The number of rotatable bonds is 5. The van der Waals surface area contributed by atoms with E-state index in [4.69, 9.17) is 4.42 Å². The molecule has 2 saturated heterocycles. The van der Waals surface area contributed by atoms with E-state index in [-0.39, 0.29) is 28.6 Å². The number of thioether (sulfide) groups is 1. The van der Waals surface area contributed by atoms with E-state index in [9.17, 15) is 18.0 Å². The molecule has 0 aliphatic carbocycles.